The molecule has 1 aromatic heterocycles. The van der Waals surface area contributed by atoms with Crippen molar-refractivity contribution in [3.8, 4) is 0 Å². The predicted octanol–water partition coefficient (Wildman–Crippen LogP) is 2.33. The van der Waals surface area contributed by atoms with Crippen LogP contribution in [0.5, 0.6) is 0 Å². The highest BCUT2D eigenvalue weighted by Crippen LogP contribution is 2.25. The molecule has 0 spiro atoms. The van der Waals surface area contributed by atoms with Crippen LogP contribution < -0.4 is 10.6 Å². The minimum atomic E-state index is -0.582. The third-order valence-electron chi connectivity index (χ3n) is 5.39. The molecule has 1 aromatic carbocycles. The van der Waals surface area contributed by atoms with Crippen LogP contribution in [-0.2, 0) is 18.4 Å². The number of benzene rings is 1. The summed E-state index contributed by atoms with van der Waals surface area (Å²) in [6, 6.07) is 4.94. The Morgan fingerprint density at radius 2 is 2.07 bits per heavy atom. The Bertz CT molecular complexity index is 853. The molecule has 1 aliphatic heterocycles. The van der Waals surface area contributed by atoms with E-state index in [1.165, 1.54) is 12.1 Å². The van der Waals surface area contributed by atoms with Gasteiger partial charge in [0.15, 0.2) is 0 Å². The Kier molecular flexibility index (Phi) is 7.37. The smallest absolute Gasteiger partial charge is 0.315 e. The molecule has 9 heteroatoms. The van der Waals surface area contributed by atoms with E-state index < -0.39 is 12.1 Å². The van der Waals surface area contributed by atoms with E-state index in [0.29, 0.717) is 19.5 Å². The quantitative estimate of drug-likeness (QED) is 0.725. The van der Waals surface area contributed by atoms with E-state index in [-0.39, 0.29) is 24.2 Å². The zero-order chi connectivity index (χ0) is 21.5. The first-order valence-corrected chi connectivity index (χ1v) is 10.4. The van der Waals surface area contributed by atoms with Crippen molar-refractivity contribution in [2.75, 3.05) is 13.1 Å². The Hall–Kier alpha value is -2.97. The number of carbonyl (C=O) groups excluding carboxylic acids is 2. The Balaban J connectivity index is 1.57. The molecular weight excluding hydrogens is 387 g/mol. The second-order valence-corrected chi connectivity index (χ2v) is 7.72. The average Bonchev–Trinajstić information content (AvgIpc) is 3.18. The largest absolute Gasteiger partial charge is 0.340 e. The number of nitrogens with one attached hydrogen (secondary N) is 2. The molecule has 162 valence electrons. The van der Waals surface area contributed by atoms with Crippen LogP contribution in [0.25, 0.3) is 0 Å². The topological polar surface area (TPSA) is 92.2 Å². The molecule has 0 radical (unpaired) electrons. The SMILES string of the molecule is CCC[C@@H](NC(=O)NCc1ccc(F)cc1)C(=O)N1CCC[C@@H](c2nncn2C)C1. The molecule has 2 N–H and O–H groups in total. The lowest BCUT2D eigenvalue weighted by molar-refractivity contribution is -0.134. The number of aryl methyl sites for hydroxylation is 1. The van der Waals surface area contributed by atoms with Gasteiger partial charge in [-0.1, -0.05) is 25.5 Å². The summed E-state index contributed by atoms with van der Waals surface area (Å²) in [7, 11) is 1.91. The van der Waals surface area contributed by atoms with Crippen LogP contribution in [0.4, 0.5) is 9.18 Å². The van der Waals surface area contributed by atoms with Gasteiger partial charge in [0, 0.05) is 32.6 Å². The molecule has 1 saturated heterocycles. The zero-order valence-corrected chi connectivity index (χ0v) is 17.5. The summed E-state index contributed by atoms with van der Waals surface area (Å²) in [6.07, 6.45) is 4.85. The van der Waals surface area contributed by atoms with Crippen LogP contribution in [0.15, 0.2) is 30.6 Å². The predicted molar refractivity (Wildman–Crippen MR) is 110 cm³/mol. The number of piperidine rings is 1. The minimum Gasteiger partial charge on any atom is -0.340 e. The van der Waals surface area contributed by atoms with Gasteiger partial charge in [0.25, 0.3) is 0 Å². The van der Waals surface area contributed by atoms with Crippen molar-refractivity contribution in [2.24, 2.45) is 7.05 Å². The maximum absolute atomic E-state index is 13.1. The van der Waals surface area contributed by atoms with E-state index in [2.05, 4.69) is 20.8 Å². The maximum Gasteiger partial charge on any atom is 0.315 e. The van der Waals surface area contributed by atoms with Gasteiger partial charge < -0.3 is 20.1 Å². The maximum atomic E-state index is 13.1. The summed E-state index contributed by atoms with van der Waals surface area (Å²) in [5.74, 6) is 0.632. The average molecular weight is 417 g/mol. The fourth-order valence-corrected chi connectivity index (χ4v) is 3.81. The number of nitrogens with zero attached hydrogens (tertiary/aromatic N) is 4. The van der Waals surface area contributed by atoms with Crippen LogP contribution >= 0.6 is 0 Å². The van der Waals surface area contributed by atoms with Crippen LogP contribution in [0.3, 0.4) is 0 Å². The van der Waals surface area contributed by atoms with Gasteiger partial charge in [0.05, 0.1) is 0 Å². The van der Waals surface area contributed by atoms with Crippen molar-refractivity contribution in [2.45, 2.75) is 51.1 Å². The summed E-state index contributed by atoms with van der Waals surface area (Å²) in [6.45, 7) is 3.49. The molecule has 8 nitrogen and oxygen atoms in total. The van der Waals surface area contributed by atoms with E-state index >= 15 is 0 Å². The van der Waals surface area contributed by atoms with Gasteiger partial charge in [-0.25, -0.2) is 9.18 Å². The normalized spacial score (nSPS) is 17.4. The van der Waals surface area contributed by atoms with Gasteiger partial charge in [-0.2, -0.15) is 0 Å². The van der Waals surface area contributed by atoms with Gasteiger partial charge in [0.2, 0.25) is 5.91 Å². The fraction of sp³-hybridized carbons (Fsp3) is 0.524. The van der Waals surface area contributed by atoms with Gasteiger partial charge >= 0.3 is 6.03 Å². The Morgan fingerprint density at radius 1 is 1.30 bits per heavy atom. The second kappa shape index (κ2) is 10.2. The number of carbonyl (C=O) groups is 2. The van der Waals surface area contributed by atoms with E-state index in [1.807, 2.05) is 23.4 Å². The lowest BCUT2D eigenvalue weighted by Gasteiger charge is -2.34. The van der Waals surface area contributed by atoms with Crippen molar-refractivity contribution in [3.05, 3.63) is 47.8 Å². The van der Waals surface area contributed by atoms with Crippen molar-refractivity contribution in [1.29, 1.82) is 0 Å². The van der Waals surface area contributed by atoms with Gasteiger partial charge in [-0.05, 0) is 37.0 Å². The monoisotopic (exact) mass is 416 g/mol. The number of urea groups is 1. The van der Waals surface area contributed by atoms with Crippen molar-refractivity contribution in [3.63, 3.8) is 0 Å². The number of hydrogen-bond donors (Lipinski definition) is 2. The molecule has 0 aliphatic carbocycles. The molecule has 0 bridgehead atoms. The van der Waals surface area contributed by atoms with Crippen molar-refractivity contribution < 1.29 is 14.0 Å². The van der Waals surface area contributed by atoms with Crippen LogP contribution in [0.1, 0.15) is 49.9 Å². The number of aromatic nitrogens is 3. The fourth-order valence-electron chi connectivity index (χ4n) is 3.81. The van der Waals surface area contributed by atoms with Crippen LogP contribution in [-0.4, -0.2) is 50.7 Å². The van der Waals surface area contributed by atoms with Crippen molar-refractivity contribution in [1.82, 2.24) is 30.3 Å². The molecule has 2 heterocycles. The summed E-state index contributed by atoms with van der Waals surface area (Å²) in [5.41, 5.74) is 0.785. The summed E-state index contributed by atoms with van der Waals surface area (Å²) < 4.78 is 14.9. The molecule has 3 rings (SSSR count). The summed E-state index contributed by atoms with van der Waals surface area (Å²) in [5, 5.41) is 13.7. The van der Waals surface area contributed by atoms with Crippen LogP contribution in [0.2, 0.25) is 0 Å². The van der Waals surface area contributed by atoms with E-state index in [1.54, 1.807) is 18.5 Å². The first-order valence-electron chi connectivity index (χ1n) is 10.4. The first kappa shape index (κ1) is 21.7. The molecule has 1 aliphatic rings. The number of rotatable bonds is 7. The standard InChI is InChI=1S/C21H29FN6O2/c1-3-5-18(25-21(30)23-12-15-7-9-17(22)10-8-15)20(29)28-11-4-6-16(13-28)19-26-24-14-27(19)2/h7-10,14,16,18H,3-6,11-13H2,1-2H3,(H2,23,25,30)/t16-,18-/m1/s1. The lowest BCUT2D eigenvalue weighted by atomic mass is 9.96. The molecule has 0 saturated carbocycles. The van der Waals surface area contributed by atoms with Gasteiger partial charge in [0.1, 0.15) is 24.0 Å². The highest BCUT2D eigenvalue weighted by Gasteiger charge is 2.31. The molecule has 30 heavy (non-hydrogen) atoms. The van der Waals surface area contributed by atoms with Crippen molar-refractivity contribution >= 4 is 11.9 Å². The highest BCUT2D eigenvalue weighted by molar-refractivity contribution is 5.87. The highest BCUT2D eigenvalue weighted by atomic mass is 19.1. The number of halogens is 1. The van der Waals surface area contributed by atoms with E-state index in [9.17, 15) is 14.0 Å². The Morgan fingerprint density at radius 3 is 2.73 bits per heavy atom. The summed E-state index contributed by atoms with van der Waals surface area (Å²) in [4.78, 5) is 27.3. The lowest BCUT2D eigenvalue weighted by Crippen LogP contribution is -2.53. The molecule has 3 amide bonds. The van der Waals surface area contributed by atoms with Crippen LogP contribution in [0, 0.1) is 5.82 Å². The zero-order valence-electron chi connectivity index (χ0n) is 17.5. The third kappa shape index (κ3) is 5.55. The van der Waals surface area contributed by atoms with Gasteiger partial charge in [-0.15, -0.1) is 10.2 Å². The summed E-state index contributed by atoms with van der Waals surface area (Å²) >= 11 is 0. The number of amides is 3. The first-order chi connectivity index (χ1) is 14.5. The van der Waals surface area contributed by atoms with Gasteiger partial charge in [-0.3, -0.25) is 4.79 Å². The number of likely N-dealkylation sites (tertiary alicyclic amines) is 1. The van der Waals surface area contributed by atoms with E-state index in [4.69, 9.17) is 0 Å². The molecule has 2 atom stereocenters. The molecule has 0 unspecified atom stereocenters. The number of hydrogen-bond acceptors (Lipinski definition) is 4. The minimum absolute atomic E-state index is 0.0688. The third-order valence-corrected chi connectivity index (χ3v) is 5.39. The Labute approximate surface area is 175 Å². The molecule has 1 fully saturated rings. The second-order valence-electron chi connectivity index (χ2n) is 7.72. The van der Waals surface area contributed by atoms with E-state index in [0.717, 1.165) is 30.7 Å². The molecular formula is C21H29FN6O2. The molecule has 2 aromatic rings.